The highest BCUT2D eigenvalue weighted by Crippen LogP contribution is 2.48. The van der Waals surface area contributed by atoms with E-state index in [0.717, 1.165) is 30.2 Å². The molecule has 13 nitrogen and oxygen atoms in total. The van der Waals surface area contributed by atoms with Crippen LogP contribution in [0.2, 0.25) is 25.7 Å². The summed E-state index contributed by atoms with van der Waals surface area (Å²) in [6.07, 6.45) is 8.29. The van der Waals surface area contributed by atoms with Crippen molar-refractivity contribution in [3.63, 3.8) is 0 Å². The van der Waals surface area contributed by atoms with Crippen molar-refractivity contribution in [2.75, 3.05) is 25.1 Å². The Morgan fingerprint density at radius 1 is 1.02 bits per heavy atom. The van der Waals surface area contributed by atoms with Crippen LogP contribution in [0.3, 0.4) is 0 Å². The monoisotopic (exact) mass is 880 g/mol. The topological polar surface area (TPSA) is 176 Å². The molecule has 2 atom stereocenters. The molecule has 1 aliphatic carbocycles. The van der Waals surface area contributed by atoms with Crippen LogP contribution in [0.4, 0.5) is 32.0 Å². The van der Waals surface area contributed by atoms with Crippen molar-refractivity contribution in [2.24, 2.45) is 5.41 Å². The number of benzene rings is 1. The Morgan fingerprint density at radius 3 is 2.26 bits per heavy atom. The molecule has 0 saturated heterocycles. The number of aromatic nitrogens is 2. The van der Waals surface area contributed by atoms with Crippen molar-refractivity contribution in [1.29, 1.82) is 5.26 Å². The molecule has 318 valence electrons. The molecule has 3 aliphatic rings. The van der Waals surface area contributed by atoms with Crippen LogP contribution in [0.25, 0.3) is 11.1 Å². The van der Waals surface area contributed by atoms with Crippen LogP contribution in [-0.4, -0.2) is 82.4 Å². The Bertz CT molecular complexity index is 2290. The Balaban J connectivity index is 1.53. The fourth-order valence-corrected chi connectivity index (χ4v) is 8.12. The number of carbonyl (C=O) groups excluding carboxylic acids is 1. The molecule has 1 amide bonds. The average molecular weight is 881 g/mol. The van der Waals surface area contributed by atoms with Gasteiger partial charge in [-0.1, -0.05) is 51.7 Å². The molecule has 0 fully saturated rings. The van der Waals surface area contributed by atoms with Crippen LogP contribution in [-0.2, 0) is 44.8 Å². The molecule has 2 aliphatic heterocycles. The minimum absolute atomic E-state index is 0.0247. The average Bonchev–Trinajstić information content (AvgIpc) is 3.65. The van der Waals surface area contributed by atoms with Gasteiger partial charge in [0.25, 0.3) is 5.91 Å². The fourth-order valence-electron chi connectivity index (χ4n) is 6.40. The second-order valence-corrected chi connectivity index (χ2v) is 25.2. The number of anilines is 1. The second-order valence-electron chi connectivity index (χ2n) is 16.3. The van der Waals surface area contributed by atoms with Gasteiger partial charge in [0.1, 0.15) is 30.6 Å². The molecule has 22 heteroatoms. The number of allylic oxidation sites excluding steroid dienone is 2. The number of rotatable bonds is 15. The third kappa shape index (κ3) is 10.5. The summed E-state index contributed by atoms with van der Waals surface area (Å²) in [7, 11) is -13.8. The van der Waals surface area contributed by atoms with E-state index in [0.29, 0.717) is 36.3 Å². The minimum atomic E-state index is -6.17. The lowest BCUT2D eigenvalue weighted by Gasteiger charge is -2.39. The first kappa shape index (κ1) is 45.2. The number of nitriles is 1. The lowest BCUT2D eigenvalue weighted by Crippen LogP contribution is -2.47. The number of imidazole rings is 1. The summed E-state index contributed by atoms with van der Waals surface area (Å²) in [5.74, 6) is -0.794. The van der Waals surface area contributed by atoms with Crippen molar-refractivity contribution >= 4 is 51.1 Å². The summed E-state index contributed by atoms with van der Waals surface area (Å²) in [5.41, 5.74) is -13.8. The maximum Gasteiger partial charge on any atom is 0.523 e. The van der Waals surface area contributed by atoms with E-state index in [9.17, 15) is 53.2 Å². The zero-order chi connectivity index (χ0) is 43.2. The number of amides is 1. The Kier molecular flexibility index (Phi) is 12.5. The SMILES string of the molecule is CC1(C)CC=C(c2cc(C3=CC4(COS(=O)(=O)C(F)(F)F)C=CC(COS(=O)(=O)C(F)(F)F)(C3)O4)ccc2NC(=O)c2nc(C#N)cn2COCC[Si](C)(C)C)CC1. The van der Waals surface area contributed by atoms with Gasteiger partial charge in [-0.2, -0.15) is 48.4 Å². The number of ether oxygens (including phenoxy) is 2. The van der Waals surface area contributed by atoms with Crippen molar-refractivity contribution in [2.45, 2.75) is 94.2 Å². The quantitative estimate of drug-likeness (QED) is 0.0468. The number of carbonyl (C=O) groups is 1. The number of alkyl halides is 6. The molecule has 1 aromatic carbocycles. The molecule has 0 spiro atoms. The highest BCUT2D eigenvalue weighted by molar-refractivity contribution is 7.87. The summed E-state index contributed by atoms with van der Waals surface area (Å²) in [6.45, 7) is 8.48. The molecule has 1 N–H and O–H groups in total. The maximum atomic E-state index is 13.8. The van der Waals surface area contributed by atoms with Gasteiger partial charge in [-0.15, -0.1) is 0 Å². The minimum Gasteiger partial charge on any atom is -0.361 e. The molecular weight excluding hydrogens is 839 g/mol. The van der Waals surface area contributed by atoms with Gasteiger partial charge in [-0.3, -0.25) is 13.2 Å². The molecule has 2 aromatic rings. The van der Waals surface area contributed by atoms with Crippen LogP contribution in [0.5, 0.6) is 0 Å². The maximum absolute atomic E-state index is 13.8. The van der Waals surface area contributed by atoms with E-state index in [1.165, 1.54) is 29.0 Å². The van der Waals surface area contributed by atoms with E-state index >= 15 is 0 Å². The standard InChI is InChI=1S/C36H42F6N4O9S2Si/c1-32(2)10-8-24(9-11-32)28-16-25(6-7-29(28)45-31(47)30-44-27(19-43)20-46(30)23-52-14-15-58(3,4)5)26-17-33(21-53-56(48,49)35(37,38)39)12-13-34(18-26,55-33)22-54-57(50,51)36(40,41)42/h6-8,12-13,16-17,20H,9-11,14-15,18,21-23H2,1-5H3,(H,45,47). The summed E-state index contributed by atoms with van der Waals surface area (Å²) in [6, 6.07) is 7.42. The lowest BCUT2D eigenvalue weighted by atomic mass is 9.76. The van der Waals surface area contributed by atoms with Gasteiger partial charge >= 0.3 is 31.3 Å². The predicted octanol–water partition coefficient (Wildman–Crippen LogP) is 7.50. The summed E-state index contributed by atoms with van der Waals surface area (Å²) in [5, 5.41) is 12.4. The van der Waals surface area contributed by atoms with E-state index in [4.69, 9.17) is 9.47 Å². The number of halogens is 6. The number of hydrogen-bond acceptors (Lipinski definition) is 11. The first-order chi connectivity index (χ1) is 26.6. The third-order valence-corrected chi connectivity index (χ3v) is 13.4. The van der Waals surface area contributed by atoms with Crippen LogP contribution in [0, 0.1) is 16.7 Å². The highest BCUT2D eigenvalue weighted by Gasteiger charge is 2.55. The Labute approximate surface area is 332 Å². The van der Waals surface area contributed by atoms with Gasteiger partial charge in [0.15, 0.2) is 5.69 Å². The van der Waals surface area contributed by atoms with Gasteiger partial charge in [-0.05, 0) is 71.7 Å². The molecule has 2 unspecified atom stereocenters. The van der Waals surface area contributed by atoms with Crippen LogP contribution in [0.15, 0.2) is 48.7 Å². The van der Waals surface area contributed by atoms with Gasteiger partial charge in [0.05, 0.1) is 6.61 Å². The van der Waals surface area contributed by atoms with Gasteiger partial charge in [0, 0.05) is 38.5 Å². The summed E-state index contributed by atoms with van der Waals surface area (Å²) < 4.78 is 148. The smallest absolute Gasteiger partial charge is 0.361 e. The molecular formula is C36H42F6N4O9S2Si. The number of fused-ring (bicyclic) bond motifs is 2. The van der Waals surface area contributed by atoms with Crippen LogP contribution in [0.1, 0.15) is 67.0 Å². The normalized spacial score (nSPS) is 22.3. The lowest BCUT2D eigenvalue weighted by molar-refractivity contribution is -0.110. The summed E-state index contributed by atoms with van der Waals surface area (Å²) >= 11 is 0. The third-order valence-electron chi connectivity index (χ3n) is 9.71. The molecule has 58 heavy (non-hydrogen) atoms. The van der Waals surface area contributed by atoms with Gasteiger partial charge < -0.3 is 19.4 Å². The Morgan fingerprint density at radius 2 is 1.67 bits per heavy atom. The van der Waals surface area contributed by atoms with Crippen LogP contribution < -0.4 is 5.32 Å². The Hall–Kier alpha value is -3.85. The molecule has 1 aromatic heterocycles. The van der Waals surface area contributed by atoms with E-state index in [1.807, 2.05) is 12.1 Å². The first-order valence-electron chi connectivity index (χ1n) is 17.8. The second kappa shape index (κ2) is 16.0. The highest BCUT2D eigenvalue weighted by atomic mass is 32.2. The zero-order valence-electron chi connectivity index (χ0n) is 32.1. The van der Waals surface area contributed by atoms with Crippen molar-refractivity contribution in [1.82, 2.24) is 9.55 Å². The van der Waals surface area contributed by atoms with Gasteiger partial charge in [-0.25, -0.2) is 4.98 Å². The van der Waals surface area contributed by atoms with Crippen molar-refractivity contribution < 1.29 is 65.8 Å². The molecule has 5 rings (SSSR count). The number of nitrogens with zero attached hydrogens (tertiary/aromatic N) is 3. The first-order valence-corrected chi connectivity index (χ1v) is 24.3. The number of nitrogens with one attached hydrogen (secondary N) is 1. The largest absolute Gasteiger partial charge is 0.523 e. The molecule has 0 saturated carbocycles. The fraction of sp³-hybridized carbons (Fsp3) is 0.528. The van der Waals surface area contributed by atoms with Crippen LogP contribution >= 0.6 is 0 Å². The predicted molar refractivity (Wildman–Crippen MR) is 201 cm³/mol. The van der Waals surface area contributed by atoms with E-state index in [2.05, 4.69) is 52.2 Å². The molecule has 2 bridgehead atoms. The van der Waals surface area contributed by atoms with Crippen molar-refractivity contribution in [3.8, 4) is 6.07 Å². The van der Waals surface area contributed by atoms with Gasteiger partial charge in [0.2, 0.25) is 5.82 Å². The zero-order valence-corrected chi connectivity index (χ0v) is 34.7. The number of hydrogen-bond donors (Lipinski definition) is 1. The van der Waals surface area contributed by atoms with E-state index in [-0.39, 0.29) is 35.7 Å². The summed E-state index contributed by atoms with van der Waals surface area (Å²) in [4.78, 5) is 18.0. The van der Waals surface area contributed by atoms with E-state index < -0.39 is 69.6 Å². The molecule has 0 radical (unpaired) electrons. The molecule has 3 heterocycles. The van der Waals surface area contributed by atoms with E-state index in [1.54, 1.807) is 6.07 Å². The van der Waals surface area contributed by atoms with Crippen molar-refractivity contribution in [3.05, 3.63) is 71.3 Å².